The number of methoxy groups -OCH3 is 1. The predicted octanol–water partition coefficient (Wildman–Crippen LogP) is 1.29. The Morgan fingerprint density at radius 1 is 1.25 bits per heavy atom. The summed E-state index contributed by atoms with van der Waals surface area (Å²) in [7, 11) is 2.95. The van der Waals surface area contributed by atoms with E-state index in [2.05, 4.69) is 5.32 Å². The van der Waals surface area contributed by atoms with Crippen LogP contribution in [0.15, 0.2) is 36.5 Å². The molecule has 7 nitrogen and oxygen atoms in total. The van der Waals surface area contributed by atoms with E-state index in [1.807, 2.05) is 0 Å². The number of carbonyl (C=O) groups is 3. The molecule has 0 bridgehead atoms. The number of carbonyl (C=O) groups excluding carboxylic acids is 3. The maximum atomic E-state index is 13.5. The Morgan fingerprint density at radius 2 is 2.00 bits per heavy atom. The standard InChI is InChI=1S/C16H15FN2O5/c1-19-7-3-4-12(19)15(21)18-14(20)9-24-16(22)10-5-6-13(23-2)11(17)8-10/h3-8H,9H2,1-2H3,(H,18,20,21). The van der Waals surface area contributed by atoms with Gasteiger partial charge in [0.25, 0.3) is 11.8 Å². The molecule has 1 N–H and O–H groups in total. The van der Waals surface area contributed by atoms with Crippen LogP contribution in [-0.4, -0.2) is 36.1 Å². The topological polar surface area (TPSA) is 86.6 Å². The number of hydrogen-bond donors (Lipinski definition) is 1. The maximum Gasteiger partial charge on any atom is 0.338 e. The van der Waals surface area contributed by atoms with Crippen LogP contribution in [0.5, 0.6) is 5.75 Å². The highest BCUT2D eigenvalue weighted by Crippen LogP contribution is 2.18. The van der Waals surface area contributed by atoms with Crippen molar-refractivity contribution in [3.05, 3.63) is 53.6 Å². The van der Waals surface area contributed by atoms with Gasteiger partial charge in [-0.3, -0.25) is 14.9 Å². The van der Waals surface area contributed by atoms with Crippen molar-refractivity contribution < 1.29 is 28.2 Å². The molecule has 8 heteroatoms. The zero-order valence-electron chi connectivity index (χ0n) is 13.0. The number of hydrogen-bond acceptors (Lipinski definition) is 5. The highest BCUT2D eigenvalue weighted by atomic mass is 19.1. The van der Waals surface area contributed by atoms with E-state index in [1.165, 1.54) is 29.9 Å². The first-order valence-corrected chi connectivity index (χ1v) is 6.88. The third-order valence-corrected chi connectivity index (χ3v) is 3.15. The van der Waals surface area contributed by atoms with E-state index in [0.717, 1.165) is 6.07 Å². The molecule has 0 atom stereocenters. The highest BCUT2D eigenvalue weighted by molar-refractivity contribution is 6.04. The number of rotatable bonds is 5. The van der Waals surface area contributed by atoms with Gasteiger partial charge < -0.3 is 14.0 Å². The summed E-state index contributed by atoms with van der Waals surface area (Å²) in [5, 5.41) is 2.09. The van der Waals surface area contributed by atoms with Crippen LogP contribution in [-0.2, 0) is 16.6 Å². The van der Waals surface area contributed by atoms with Crippen molar-refractivity contribution in [1.82, 2.24) is 9.88 Å². The van der Waals surface area contributed by atoms with Crippen LogP contribution in [0.3, 0.4) is 0 Å². The molecule has 24 heavy (non-hydrogen) atoms. The van der Waals surface area contributed by atoms with Crippen molar-refractivity contribution in [3.63, 3.8) is 0 Å². The number of amides is 2. The molecule has 0 fully saturated rings. The number of ether oxygens (including phenoxy) is 2. The average Bonchev–Trinajstić information content (AvgIpc) is 2.98. The molecule has 1 aromatic heterocycles. The predicted molar refractivity (Wildman–Crippen MR) is 81.1 cm³/mol. The fourth-order valence-corrected chi connectivity index (χ4v) is 1.93. The molecule has 0 unspecified atom stereocenters. The number of nitrogens with one attached hydrogen (secondary N) is 1. The SMILES string of the molecule is COc1ccc(C(=O)OCC(=O)NC(=O)c2cccn2C)cc1F. The third-order valence-electron chi connectivity index (χ3n) is 3.15. The Labute approximate surface area is 137 Å². The van der Waals surface area contributed by atoms with Crippen LogP contribution < -0.4 is 10.1 Å². The molecule has 0 saturated carbocycles. The van der Waals surface area contributed by atoms with Crippen LogP contribution >= 0.6 is 0 Å². The van der Waals surface area contributed by atoms with E-state index < -0.39 is 30.2 Å². The minimum Gasteiger partial charge on any atom is -0.494 e. The summed E-state index contributed by atoms with van der Waals surface area (Å²) in [5.74, 6) is -3.03. The monoisotopic (exact) mass is 334 g/mol. The molecule has 126 valence electrons. The summed E-state index contributed by atoms with van der Waals surface area (Å²) in [6.45, 7) is -0.664. The summed E-state index contributed by atoms with van der Waals surface area (Å²) < 4.78 is 24.5. The van der Waals surface area contributed by atoms with Crippen LogP contribution in [0.4, 0.5) is 4.39 Å². The van der Waals surface area contributed by atoms with Crippen molar-refractivity contribution in [2.75, 3.05) is 13.7 Å². The Morgan fingerprint density at radius 3 is 2.58 bits per heavy atom. The van der Waals surface area contributed by atoms with Gasteiger partial charge in [-0.1, -0.05) is 0 Å². The second-order valence-corrected chi connectivity index (χ2v) is 4.81. The van der Waals surface area contributed by atoms with E-state index in [0.29, 0.717) is 0 Å². The lowest BCUT2D eigenvalue weighted by Gasteiger charge is -2.07. The van der Waals surface area contributed by atoms with Gasteiger partial charge in [-0.05, 0) is 30.3 Å². The van der Waals surface area contributed by atoms with Gasteiger partial charge in [0, 0.05) is 13.2 Å². The lowest BCUT2D eigenvalue weighted by atomic mass is 10.2. The van der Waals surface area contributed by atoms with Gasteiger partial charge in [0.1, 0.15) is 5.69 Å². The van der Waals surface area contributed by atoms with E-state index in [1.54, 1.807) is 19.3 Å². The van der Waals surface area contributed by atoms with E-state index in [-0.39, 0.29) is 17.0 Å². The first kappa shape index (κ1) is 17.2. The highest BCUT2D eigenvalue weighted by Gasteiger charge is 2.16. The lowest BCUT2D eigenvalue weighted by molar-refractivity contribution is -0.123. The summed E-state index contributed by atoms with van der Waals surface area (Å²) in [5.41, 5.74) is 0.210. The number of imide groups is 1. The fraction of sp³-hybridized carbons (Fsp3) is 0.188. The molecule has 1 heterocycles. The van der Waals surface area contributed by atoms with Crippen molar-refractivity contribution in [2.45, 2.75) is 0 Å². The quantitative estimate of drug-likeness (QED) is 0.833. The molecular formula is C16H15FN2O5. The van der Waals surface area contributed by atoms with Crippen LogP contribution in [0.1, 0.15) is 20.8 Å². The average molecular weight is 334 g/mol. The van der Waals surface area contributed by atoms with E-state index in [9.17, 15) is 18.8 Å². The fourth-order valence-electron chi connectivity index (χ4n) is 1.93. The zero-order valence-corrected chi connectivity index (χ0v) is 13.0. The van der Waals surface area contributed by atoms with Crippen molar-refractivity contribution in [1.29, 1.82) is 0 Å². The van der Waals surface area contributed by atoms with Crippen molar-refractivity contribution in [2.24, 2.45) is 7.05 Å². The normalized spacial score (nSPS) is 10.1. The maximum absolute atomic E-state index is 13.5. The first-order chi connectivity index (χ1) is 11.4. The Balaban J connectivity index is 1.89. The second kappa shape index (κ2) is 7.40. The van der Waals surface area contributed by atoms with Crippen molar-refractivity contribution in [3.8, 4) is 5.75 Å². The largest absolute Gasteiger partial charge is 0.494 e. The van der Waals surface area contributed by atoms with E-state index >= 15 is 0 Å². The Kier molecular flexibility index (Phi) is 5.31. The molecule has 2 aromatic rings. The number of benzene rings is 1. The van der Waals surface area contributed by atoms with E-state index in [4.69, 9.17) is 9.47 Å². The summed E-state index contributed by atoms with van der Waals surface area (Å²) >= 11 is 0. The number of aryl methyl sites for hydroxylation is 1. The van der Waals surface area contributed by atoms with Gasteiger partial charge in [-0.2, -0.15) is 0 Å². The third kappa shape index (κ3) is 3.97. The molecule has 1 aromatic carbocycles. The molecular weight excluding hydrogens is 319 g/mol. The zero-order chi connectivity index (χ0) is 17.7. The van der Waals surface area contributed by atoms with Gasteiger partial charge in [-0.15, -0.1) is 0 Å². The smallest absolute Gasteiger partial charge is 0.338 e. The summed E-state index contributed by atoms with van der Waals surface area (Å²) in [6.07, 6.45) is 1.65. The number of halogens is 1. The lowest BCUT2D eigenvalue weighted by Crippen LogP contribution is -2.35. The first-order valence-electron chi connectivity index (χ1n) is 6.88. The van der Waals surface area contributed by atoms with Crippen LogP contribution in [0.2, 0.25) is 0 Å². The molecule has 0 spiro atoms. The van der Waals surface area contributed by atoms with Gasteiger partial charge >= 0.3 is 5.97 Å². The molecule has 0 aliphatic rings. The Hall–Kier alpha value is -3.16. The number of esters is 1. The van der Waals surface area contributed by atoms with Crippen LogP contribution in [0.25, 0.3) is 0 Å². The summed E-state index contributed by atoms with van der Waals surface area (Å²) in [4.78, 5) is 35.2. The van der Waals surface area contributed by atoms with Gasteiger partial charge in [0.15, 0.2) is 18.2 Å². The number of aromatic nitrogens is 1. The van der Waals surface area contributed by atoms with Gasteiger partial charge in [0.05, 0.1) is 12.7 Å². The van der Waals surface area contributed by atoms with Crippen LogP contribution in [0, 0.1) is 5.82 Å². The second-order valence-electron chi connectivity index (χ2n) is 4.81. The molecule has 0 radical (unpaired) electrons. The van der Waals surface area contributed by atoms with Crippen molar-refractivity contribution >= 4 is 17.8 Å². The Bertz CT molecular complexity index is 785. The molecule has 0 aliphatic heterocycles. The minimum absolute atomic E-state index is 0.0162. The molecule has 2 amide bonds. The number of nitrogens with zero attached hydrogens (tertiary/aromatic N) is 1. The van der Waals surface area contributed by atoms with Gasteiger partial charge in [0.2, 0.25) is 0 Å². The van der Waals surface area contributed by atoms with Gasteiger partial charge in [-0.25, -0.2) is 9.18 Å². The molecule has 0 aliphatic carbocycles. The minimum atomic E-state index is -0.891. The molecule has 0 saturated heterocycles. The molecule has 2 rings (SSSR count). The summed E-state index contributed by atoms with van der Waals surface area (Å²) in [6, 6.07) is 6.70.